The molecule has 0 aliphatic carbocycles. The molecule has 4 rings (SSSR count). The fourth-order valence-corrected chi connectivity index (χ4v) is 4.87. The zero-order chi connectivity index (χ0) is 15.5. The quantitative estimate of drug-likeness (QED) is 0.917. The van der Waals surface area contributed by atoms with Crippen LogP contribution in [0, 0.1) is 0 Å². The van der Waals surface area contributed by atoms with Gasteiger partial charge in [-0.25, -0.2) is 0 Å². The summed E-state index contributed by atoms with van der Waals surface area (Å²) in [5.74, 6) is 0.656. The Morgan fingerprint density at radius 1 is 1.17 bits per heavy atom. The van der Waals surface area contributed by atoms with Gasteiger partial charge in [-0.3, -0.25) is 10.00 Å². The molecule has 2 saturated heterocycles. The van der Waals surface area contributed by atoms with Gasteiger partial charge in [0, 0.05) is 40.7 Å². The molecule has 1 atom stereocenters. The maximum Gasteiger partial charge on any atom is 0.0916 e. The summed E-state index contributed by atoms with van der Waals surface area (Å²) in [6.45, 7) is 4.37. The summed E-state index contributed by atoms with van der Waals surface area (Å²) < 4.78 is 5.91. The van der Waals surface area contributed by atoms with Crippen LogP contribution in [0.5, 0.6) is 0 Å². The first kappa shape index (κ1) is 15.4. The minimum Gasteiger partial charge on any atom is -0.373 e. The number of piperidine rings is 1. The molecular formula is C18H25N3OS. The van der Waals surface area contributed by atoms with Gasteiger partial charge < -0.3 is 4.74 Å². The summed E-state index contributed by atoms with van der Waals surface area (Å²) in [5.41, 5.74) is 1.30. The Kier molecular flexibility index (Phi) is 4.78. The fraction of sp³-hybridized carbons (Fsp3) is 0.611. The second kappa shape index (κ2) is 7.16. The number of aromatic nitrogens is 2. The highest BCUT2D eigenvalue weighted by atomic mass is 32.1. The van der Waals surface area contributed by atoms with E-state index >= 15 is 0 Å². The van der Waals surface area contributed by atoms with Gasteiger partial charge in [-0.05, 0) is 63.4 Å². The Hall–Kier alpha value is -1.17. The molecule has 1 N–H and O–H groups in total. The smallest absolute Gasteiger partial charge is 0.0916 e. The SMILES string of the molecule is c1cc(C2CCN(Cc3ccc([C@H]4CCCCO4)s3)CC2)[nH]n1. The normalized spacial score (nSPS) is 24.1. The minimum atomic E-state index is 0.355. The molecule has 0 radical (unpaired) electrons. The molecule has 124 valence electrons. The maximum atomic E-state index is 5.91. The molecular weight excluding hydrogens is 306 g/mol. The first-order chi connectivity index (χ1) is 11.4. The van der Waals surface area contributed by atoms with Crippen molar-refractivity contribution in [1.29, 1.82) is 0 Å². The Balaban J connectivity index is 1.30. The Morgan fingerprint density at radius 3 is 2.83 bits per heavy atom. The summed E-state index contributed by atoms with van der Waals surface area (Å²) >= 11 is 1.95. The standard InChI is InChI=1S/C18H25N3OS/c1-2-12-22-17(3-1)18-5-4-15(23-18)13-21-10-7-14(8-11-21)16-6-9-19-20-16/h4-6,9,14,17H,1-3,7-8,10-13H2,(H,19,20)/t17-/m1/s1. The van der Waals surface area contributed by atoms with Crippen molar-refractivity contribution >= 4 is 11.3 Å². The van der Waals surface area contributed by atoms with Crippen LogP contribution in [0.4, 0.5) is 0 Å². The molecule has 4 heterocycles. The molecule has 2 aliphatic heterocycles. The molecule has 0 unspecified atom stereocenters. The van der Waals surface area contributed by atoms with Crippen molar-refractivity contribution in [2.45, 2.75) is 50.7 Å². The summed E-state index contributed by atoms with van der Waals surface area (Å²) in [7, 11) is 0. The van der Waals surface area contributed by atoms with Crippen molar-refractivity contribution < 1.29 is 4.74 Å². The van der Waals surface area contributed by atoms with Crippen molar-refractivity contribution in [2.24, 2.45) is 0 Å². The van der Waals surface area contributed by atoms with Crippen molar-refractivity contribution in [1.82, 2.24) is 15.1 Å². The zero-order valence-corrected chi connectivity index (χ0v) is 14.4. The van der Waals surface area contributed by atoms with Crippen LogP contribution >= 0.6 is 11.3 Å². The number of thiophene rings is 1. The minimum absolute atomic E-state index is 0.355. The molecule has 5 heteroatoms. The van der Waals surface area contributed by atoms with E-state index in [0.29, 0.717) is 12.0 Å². The summed E-state index contributed by atoms with van der Waals surface area (Å²) in [4.78, 5) is 5.49. The van der Waals surface area contributed by atoms with Crippen molar-refractivity contribution in [2.75, 3.05) is 19.7 Å². The van der Waals surface area contributed by atoms with Gasteiger partial charge in [0.05, 0.1) is 6.10 Å². The highest BCUT2D eigenvalue weighted by molar-refractivity contribution is 7.12. The number of ether oxygens (including phenoxy) is 1. The molecule has 2 aliphatic rings. The van der Waals surface area contributed by atoms with Crippen LogP contribution in [0.1, 0.15) is 59.6 Å². The largest absolute Gasteiger partial charge is 0.373 e. The van der Waals surface area contributed by atoms with Crippen LogP contribution in [-0.2, 0) is 11.3 Å². The number of nitrogens with one attached hydrogen (secondary N) is 1. The van der Waals surface area contributed by atoms with Gasteiger partial charge >= 0.3 is 0 Å². The molecule has 0 bridgehead atoms. The lowest BCUT2D eigenvalue weighted by atomic mass is 9.94. The second-order valence-electron chi connectivity index (χ2n) is 6.72. The van der Waals surface area contributed by atoms with Gasteiger partial charge in [0.2, 0.25) is 0 Å². The topological polar surface area (TPSA) is 41.1 Å². The number of hydrogen-bond acceptors (Lipinski definition) is 4. The van der Waals surface area contributed by atoms with E-state index in [9.17, 15) is 0 Å². The van der Waals surface area contributed by atoms with Crippen molar-refractivity contribution in [3.05, 3.63) is 39.8 Å². The molecule has 2 fully saturated rings. The van der Waals surface area contributed by atoms with Crippen LogP contribution in [0.2, 0.25) is 0 Å². The van der Waals surface area contributed by atoms with Crippen LogP contribution in [0.3, 0.4) is 0 Å². The van der Waals surface area contributed by atoms with Gasteiger partial charge in [-0.2, -0.15) is 5.10 Å². The van der Waals surface area contributed by atoms with Crippen molar-refractivity contribution in [3.63, 3.8) is 0 Å². The molecule has 0 aromatic carbocycles. The molecule has 0 amide bonds. The highest BCUT2D eigenvalue weighted by Crippen LogP contribution is 2.34. The molecule has 0 saturated carbocycles. The molecule has 0 spiro atoms. The fourth-order valence-electron chi connectivity index (χ4n) is 3.73. The lowest BCUT2D eigenvalue weighted by Crippen LogP contribution is -2.32. The third kappa shape index (κ3) is 3.67. The molecule has 2 aromatic heterocycles. The molecule has 2 aromatic rings. The predicted octanol–water partition coefficient (Wildman–Crippen LogP) is 4.09. The van der Waals surface area contributed by atoms with Crippen molar-refractivity contribution in [3.8, 4) is 0 Å². The highest BCUT2D eigenvalue weighted by Gasteiger charge is 2.23. The summed E-state index contributed by atoms with van der Waals surface area (Å²) in [6.07, 6.45) is 8.39. The van der Waals surface area contributed by atoms with E-state index in [4.69, 9.17) is 4.74 Å². The summed E-state index contributed by atoms with van der Waals surface area (Å²) in [6, 6.07) is 6.71. The Labute approximate surface area is 141 Å². The number of hydrogen-bond donors (Lipinski definition) is 1. The number of H-pyrrole nitrogens is 1. The van der Waals surface area contributed by atoms with Gasteiger partial charge in [0.1, 0.15) is 0 Å². The number of nitrogens with zero attached hydrogens (tertiary/aromatic N) is 2. The first-order valence-corrected chi connectivity index (χ1v) is 9.62. The Bertz CT molecular complexity index is 596. The molecule has 4 nitrogen and oxygen atoms in total. The van der Waals surface area contributed by atoms with Gasteiger partial charge in [-0.15, -0.1) is 11.3 Å². The second-order valence-corrected chi connectivity index (χ2v) is 7.92. The average molecular weight is 331 g/mol. The zero-order valence-electron chi connectivity index (χ0n) is 13.5. The third-order valence-corrected chi connectivity index (χ3v) is 6.27. The van der Waals surface area contributed by atoms with Crippen LogP contribution in [0.25, 0.3) is 0 Å². The number of likely N-dealkylation sites (tertiary alicyclic amines) is 1. The van der Waals surface area contributed by atoms with Crippen LogP contribution in [-0.4, -0.2) is 34.8 Å². The third-order valence-electron chi connectivity index (χ3n) is 5.11. The van der Waals surface area contributed by atoms with E-state index in [1.54, 1.807) is 0 Å². The van der Waals surface area contributed by atoms with Crippen LogP contribution < -0.4 is 0 Å². The van der Waals surface area contributed by atoms with E-state index in [2.05, 4.69) is 33.3 Å². The van der Waals surface area contributed by atoms with Crippen LogP contribution in [0.15, 0.2) is 24.4 Å². The number of rotatable bonds is 4. The maximum absolute atomic E-state index is 5.91. The lowest BCUT2D eigenvalue weighted by molar-refractivity contribution is 0.0172. The van der Waals surface area contributed by atoms with Gasteiger partial charge in [0.25, 0.3) is 0 Å². The monoisotopic (exact) mass is 331 g/mol. The average Bonchev–Trinajstić information content (AvgIpc) is 3.28. The van der Waals surface area contributed by atoms with E-state index in [1.807, 2.05) is 17.5 Å². The van der Waals surface area contributed by atoms with Gasteiger partial charge in [0.15, 0.2) is 0 Å². The van der Waals surface area contributed by atoms with E-state index in [0.717, 1.165) is 13.2 Å². The first-order valence-electron chi connectivity index (χ1n) is 8.80. The predicted molar refractivity (Wildman–Crippen MR) is 92.7 cm³/mol. The van der Waals surface area contributed by atoms with E-state index in [1.165, 1.54) is 60.6 Å². The Morgan fingerprint density at radius 2 is 2.09 bits per heavy atom. The van der Waals surface area contributed by atoms with E-state index < -0.39 is 0 Å². The molecule has 23 heavy (non-hydrogen) atoms. The van der Waals surface area contributed by atoms with Gasteiger partial charge in [-0.1, -0.05) is 0 Å². The summed E-state index contributed by atoms with van der Waals surface area (Å²) in [5, 5.41) is 7.21. The van der Waals surface area contributed by atoms with E-state index in [-0.39, 0.29) is 0 Å². The lowest BCUT2D eigenvalue weighted by Gasteiger charge is -2.31. The number of aromatic amines is 1.